The minimum atomic E-state index is -0.328. The van der Waals surface area contributed by atoms with Crippen LogP contribution in [0.1, 0.15) is 43.7 Å². The van der Waals surface area contributed by atoms with Crippen molar-refractivity contribution in [3.8, 4) is 5.88 Å². The lowest BCUT2D eigenvalue weighted by atomic mass is 10.1. The average Bonchev–Trinajstić information content (AvgIpc) is 3.34. The SMILES string of the molecule is CC(C)c1cnn2c(NC3=C/C=C\N=C/C=C\3)cc(O[C@@H]3CCCN(C(=O)OCc4ccccc4)C3)nc12. The molecule has 1 aromatic carbocycles. The summed E-state index contributed by atoms with van der Waals surface area (Å²) in [6, 6.07) is 11.5. The summed E-state index contributed by atoms with van der Waals surface area (Å²) >= 11 is 0. The maximum atomic E-state index is 12.7. The number of anilines is 1. The topological polar surface area (TPSA) is 93.4 Å². The second-order valence-electron chi connectivity index (χ2n) is 9.58. The molecule has 0 saturated carbocycles. The molecule has 2 aromatic heterocycles. The van der Waals surface area contributed by atoms with Crippen LogP contribution in [0.5, 0.6) is 5.88 Å². The summed E-state index contributed by atoms with van der Waals surface area (Å²) in [5, 5.41) is 8.03. The van der Waals surface area contributed by atoms with Crippen molar-refractivity contribution < 1.29 is 14.3 Å². The molecule has 2 aliphatic rings. The van der Waals surface area contributed by atoms with Gasteiger partial charge < -0.3 is 19.7 Å². The number of fused-ring (bicyclic) bond motifs is 1. The van der Waals surface area contributed by atoms with E-state index in [1.807, 2.05) is 66.9 Å². The van der Waals surface area contributed by atoms with Crippen LogP contribution >= 0.6 is 0 Å². The van der Waals surface area contributed by atoms with Crippen molar-refractivity contribution >= 4 is 23.8 Å². The molecule has 1 atom stereocenters. The highest BCUT2D eigenvalue weighted by atomic mass is 16.6. The van der Waals surface area contributed by atoms with Gasteiger partial charge in [0.2, 0.25) is 5.88 Å². The number of nitrogens with one attached hydrogen (secondary N) is 1. The summed E-state index contributed by atoms with van der Waals surface area (Å²) < 4.78 is 13.7. The molecule has 2 aliphatic heterocycles. The van der Waals surface area contributed by atoms with Gasteiger partial charge in [0.05, 0.1) is 12.7 Å². The zero-order valence-corrected chi connectivity index (χ0v) is 21.7. The van der Waals surface area contributed by atoms with Crippen LogP contribution in [0.25, 0.3) is 5.65 Å². The number of nitrogens with zero attached hydrogens (tertiary/aromatic N) is 5. The summed E-state index contributed by atoms with van der Waals surface area (Å²) in [4.78, 5) is 23.4. The Morgan fingerprint density at radius 3 is 2.92 bits per heavy atom. The van der Waals surface area contributed by atoms with E-state index >= 15 is 0 Å². The van der Waals surface area contributed by atoms with E-state index in [4.69, 9.17) is 14.5 Å². The van der Waals surface area contributed by atoms with Crippen LogP contribution in [0.2, 0.25) is 0 Å². The van der Waals surface area contributed by atoms with E-state index in [1.165, 1.54) is 0 Å². The summed E-state index contributed by atoms with van der Waals surface area (Å²) in [5.74, 6) is 1.46. The highest BCUT2D eigenvalue weighted by Gasteiger charge is 2.27. The first-order valence-corrected chi connectivity index (χ1v) is 12.9. The number of amides is 1. The van der Waals surface area contributed by atoms with E-state index in [0.717, 1.165) is 41.1 Å². The van der Waals surface area contributed by atoms with Crippen LogP contribution in [-0.4, -0.2) is 51.0 Å². The first-order chi connectivity index (χ1) is 18.6. The lowest BCUT2D eigenvalue weighted by molar-refractivity contribution is 0.0537. The number of rotatable bonds is 7. The van der Waals surface area contributed by atoms with E-state index in [1.54, 1.807) is 21.8 Å². The van der Waals surface area contributed by atoms with E-state index in [2.05, 4.69) is 29.3 Å². The van der Waals surface area contributed by atoms with Gasteiger partial charge in [0.25, 0.3) is 0 Å². The van der Waals surface area contributed by atoms with Crippen molar-refractivity contribution in [1.82, 2.24) is 19.5 Å². The van der Waals surface area contributed by atoms with Crippen LogP contribution in [0.15, 0.2) is 83.8 Å². The highest BCUT2D eigenvalue weighted by molar-refractivity contribution is 5.73. The van der Waals surface area contributed by atoms with Gasteiger partial charge in [-0.3, -0.25) is 4.99 Å². The smallest absolute Gasteiger partial charge is 0.410 e. The zero-order valence-electron chi connectivity index (χ0n) is 21.7. The number of carbonyl (C=O) groups is 1. The fraction of sp³-hybridized carbons (Fsp3) is 0.310. The van der Waals surface area contributed by atoms with Crippen molar-refractivity contribution in [1.29, 1.82) is 0 Å². The Morgan fingerprint density at radius 1 is 1.21 bits per heavy atom. The predicted molar refractivity (Wildman–Crippen MR) is 147 cm³/mol. The predicted octanol–water partition coefficient (Wildman–Crippen LogP) is 5.48. The van der Waals surface area contributed by atoms with E-state index in [-0.39, 0.29) is 24.7 Å². The van der Waals surface area contributed by atoms with E-state index in [0.29, 0.717) is 19.0 Å². The molecule has 1 N–H and O–H groups in total. The summed E-state index contributed by atoms with van der Waals surface area (Å²) in [6.45, 7) is 5.56. The molecule has 9 heteroatoms. The molecule has 0 radical (unpaired) electrons. The molecule has 0 unspecified atom stereocenters. The second-order valence-corrected chi connectivity index (χ2v) is 9.58. The Labute approximate surface area is 222 Å². The first kappa shape index (κ1) is 25.3. The number of benzene rings is 1. The molecule has 5 rings (SSSR count). The molecule has 38 heavy (non-hydrogen) atoms. The molecular formula is C29H32N6O3. The van der Waals surface area contributed by atoms with E-state index in [9.17, 15) is 4.79 Å². The number of hydrogen-bond acceptors (Lipinski definition) is 7. The molecule has 9 nitrogen and oxygen atoms in total. The molecule has 196 valence electrons. The third-order valence-corrected chi connectivity index (χ3v) is 6.39. The van der Waals surface area contributed by atoms with Gasteiger partial charge >= 0.3 is 6.09 Å². The Bertz CT molecular complexity index is 1390. The molecule has 1 fully saturated rings. The standard InChI is InChI=1S/C29H32N6O3/c1-21(2)25-18-31-35-26(32-23-11-6-14-30-15-7-12-23)17-27(33-28(25)35)38-24-13-8-16-34(19-24)29(36)37-20-22-9-4-3-5-10-22/h3-7,9-12,14-15,17-18,21,24,32H,8,13,16,19-20H2,1-2H3/b11-6-,12-7?,14-6?,15-7-,23-11?,23-12+,30-14-,30-15?/t24-/m1/s1. The summed E-state index contributed by atoms with van der Waals surface area (Å²) in [7, 11) is 0. The fourth-order valence-corrected chi connectivity index (χ4v) is 4.43. The average molecular weight is 513 g/mol. The van der Waals surface area contributed by atoms with Gasteiger partial charge in [-0.25, -0.2) is 4.79 Å². The van der Waals surface area contributed by atoms with Gasteiger partial charge in [-0.05, 0) is 48.6 Å². The number of likely N-dealkylation sites (tertiary alicyclic amines) is 1. The lowest BCUT2D eigenvalue weighted by Gasteiger charge is -2.32. The summed E-state index contributed by atoms with van der Waals surface area (Å²) in [5.41, 5.74) is 3.60. The van der Waals surface area contributed by atoms with Gasteiger partial charge in [-0.1, -0.05) is 44.2 Å². The van der Waals surface area contributed by atoms with Crippen molar-refractivity contribution in [3.63, 3.8) is 0 Å². The van der Waals surface area contributed by atoms with Crippen molar-refractivity contribution in [2.75, 3.05) is 18.4 Å². The highest BCUT2D eigenvalue weighted by Crippen LogP contribution is 2.27. The van der Waals surface area contributed by atoms with Crippen molar-refractivity contribution in [2.24, 2.45) is 4.99 Å². The number of allylic oxidation sites excluding steroid dienone is 4. The molecule has 0 aliphatic carbocycles. The van der Waals surface area contributed by atoms with Crippen LogP contribution in [-0.2, 0) is 11.3 Å². The lowest BCUT2D eigenvalue weighted by Crippen LogP contribution is -2.44. The Kier molecular flexibility index (Phi) is 7.82. The van der Waals surface area contributed by atoms with Crippen LogP contribution < -0.4 is 10.1 Å². The minimum Gasteiger partial charge on any atom is -0.472 e. The molecule has 1 saturated heterocycles. The van der Waals surface area contributed by atoms with Crippen molar-refractivity contribution in [2.45, 2.75) is 45.3 Å². The van der Waals surface area contributed by atoms with Crippen LogP contribution in [0, 0.1) is 0 Å². The largest absolute Gasteiger partial charge is 0.472 e. The third kappa shape index (κ3) is 6.11. The molecule has 0 bridgehead atoms. The number of aliphatic imine (C=N–C) groups is 1. The number of aromatic nitrogens is 3. The Morgan fingerprint density at radius 2 is 2.08 bits per heavy atom. The second kappa shape index (κ2) is 11.8. The number of ether oxygens (including phenoxy) is 2. The zero-order chi connectivity index (χ0) is 26.3. The Balaban J connectivity index is 1.33. The van der Waals surface area contributed by atoms with Gasteiger partial charge in [0.1, 0.15) is 18.5 Å². The molecule has 0 spiro atoms. The number of hydrogen-bond donors (Lipinski definition) is 1. The summed E-state index contributed by atoms with van der Waals surface area (Å²) in [6.07, 6.45) is 14.1. The van der Waals surface area contributed by atoms with Gasteiger partial charge in [0.15, 0.2) is 5.65 Å². The maximum absolute atomic E-state index is 12.7. The maximum Gasteiger partial charge on any atom is 0.410 e. The van der Waals surface area contributed by atoms with Crippen LogP contribution in [0.4, 0.5) is 10.6 Å². The Hall–Kier alpha value is -4.40. The van der Waals surface area contributed by atoms with Crippen molar-refractivity contribution in [3.05, 3.63) is 89.9 Å². The fourth-order valence-electron chi connectivity index (χ4n) is 4.43. The molecule has 4 heterocycles. The van der Waals surface area contributed by atoms with Gasteiger partial charge in [0, 0.05) is 36.3 Å². The monoisotopic (exact) mass is 512 g/mol. The third-order valence-electron chi connectivity index (χ3n) is 6.39. The minimum absolute atomic E-state index is 0.194. The molecular weight excluding hydrogens is 480 g/mol. The quantitative estimate of drug-likeness (QED) is 0.450. The normalized spacial score (nSPS) is 21.2. The van der Waals surface area contributed by atoms with Gasteiger partial charge in [-0.2, -0.15) is 14.6 Å². The van der Waals surface area contributed by atoms with Crippen LogP contribution in [0.3, 0.4) is 0 Å². The number of carbonyl (C=O) groups excluding carboxylic acids is 1. The van der Waals surface area contributed by atoms with E-state index < -0.39 is 0 Å². The first-order valence-electron chi connectivity index (χ1n) is 12.9. The van der Waals surface area contributed by atoms with Gasteiger partial charge in [-0.15, -0.1) is 0 Å². The molecule has 1 amide bonds. The molecule has 3 aromatic rings. The number of piperidine rings is 1.